The summed E-state index contributed by atoms with van der Waals surface area (Å²) in [5, 5.41) is 11.8. The molecule has 0 aliphatic carbocycles. The molecule has 1 N–H and O–H groups in total. The Morgan fingerprint density at radius 2 is 2.14 bits per heavy atom. The summed E-state index contributed by atoms with van der Waals surface area (Å²) in [4.78, 5) is 11.7. The number of halogens is 1. The van der Waals surface area contributed by atoms with Crippen molar-refractivity contribution >= 4 is 22.4 Å². The van der Waals surface area contributed by atoms with E-state index in [1.807, 2.05) is 0 Å². The summed E-state index contributed by atoms with van der Waals surface area (Å²) in [5.41, 5.74) is 0. The highest BCUT2D eigenvalue weighted by Crippen LogP contribution is 2.18. The predicted octanol–water partition coefficient (Wildman–Crippen LogP) is 2.89. The SMILES string of the molecule is CC(C)Cc1nnc(NC(=O)COc2ccccc2F)s1. The van der Waals surface area contributed by atoms with E-state index in [9.17, 15) is 9.18 Å². The number of nitrogens with zero attached hydrogens (tertiary/aromatic N) is 2. The zero-order valence-corrected chi connectivity index (χ0v) is 12.6. The molecule has 1 aromatic carbocycles. The molecule has 0 spiro atoms. The second-order valence-corrected chi connectivity index (χ2v) is 5.93. The number of hydrogen-bond acceptors (Lipinski definition) is 5. The van der Waals surface area contributed by atoms with Crippen molar-refractivity contribution in [3.8, 4) is 5.75 Å². The van der Waals surface area contributed by atoms with Crippen molar-refractivity contribution in [1.29, 1.82) is 0 Å². The van der Waals surface area contributed by atoms with Crippen molar-refractivity contribution in [2.24, 2.45) is 5.92 Å². The normalized spacial score (nSPS) is 10.7. The summed E-state index contributed by atoms with van der Waals surface area (Å²) in [6.45, 7) is 3.89. The first-order chi connectivity index (χ1) is 10.0. The molecular formula is C14H16FN3O2S. The Bertz CT molecular complexity index is 616. The highest BCUT2D eigenvalue weighted by atomic mass is 32.1. The number of benzene rings is 1. The van der Waals surface area contributed by atoms with Gasteiger partial charge in [-0.25, -0.2) is 4.39 Å². The molecule has 1 aromatic heterocycles. The number of nitrogens with one attached hydrogen (secondary N) is 1. The Kier molecular flexibility index (Phi) is 5.21. The van der Waals surface area contributed by atoms with E-state index >= 15 is 0 Å². The molecule has 0 saturated heterocycles. The number of anilines is 1. The second kappa shape index (κ2) is 7.12. The van der Waals surface area contributed by atoms with Crippen molar-refractivity contribution < 1.29 is 13.9 Å². The number of hydrogen-bond donors (Lipinski definition) is 1. The molecule has 7 heteroatoms. The van der Waals surface area contributed by atoms with Gasteiger partial charge in [0.2, 0.25) is 5.13 Å². The van der Waals surface area contributed by atoms with E-state index in [0.29, 0.717) is 11.0 Å². The number of ether oxygens (including phenoxy) is 1. The summed E-state index contributed by atoms with van der Waals surface area (Å²) < 4.78 is 18.4. The Balaban J connectivity index is 1.84. The van der Waals surface area contributed by atoms with Crippen LogP contribution in [0.5, 0.6) is 5.75 Å². The molecule has 1 amide bonds. The minimum Gasteiger partial charge on any atom is -0.481 e. The van der Waals surface area contributed by atoms with Crippen LogP contribution in [-0.4, -0.2) is 22.7 Å². The van der Waals surface area contributed by atoms with Crippen LogP contribution in [0.4, 0.5) is 9.52 Å². The van der Waals surface area contributed by atoms with Crippen LogP contribution in [0.3, 0.4) is 0 Å². The van der Waals surface area contributed by atoms with Gasteiger partial charge in [-0.15, -0.1) is 10.2 Å². The third-order valence-corrected chi connectivity index (χ3v) is 3.35. The number of para-hydroxylation sites is 1. The van der Waals surface area contributed by atoms with Crippen molar-refractivity contribution in [2.75, 3.05) is 11.9 Å². The van der Waals surface area contributed by atoms with Gasteiger partial charge in [0.05, 0.1) is 0 Å². The first-order valence-electron chi connectivity index (χ1n) is 6.54. The molecule has 5 nitrogen and oxygen atoms in total. The Morgan fingerprint density at radius 1 is 1.38 bits per heavy atom. The standard InChI is InChI=1S/C14H16FN3O2S/c1-9(2)7-13-17-18-14(21-13)16-12(19)8-20-11-6-4-3-5-10(11)15/h3-6,9H,7-8H2,1-2H3,(H,16,18,19). The lowest BCUT2D eigenvalue weighted by atomic mass is 10.1. The maximum atomic E-state index is 13.3. The van der Waals surface area contributed by atoms with E-state index in [2.05, 4.69) is 29.4 Å². The van der Waals surface area contributed by atoms with E-state index in [4.69, 9.17) is 4.74 Å². The van der Waals surface area contributed by atoms with Crippen LogP contribution in [0.15, 0.2) is 24.3 Å². The van der Waals surface area contributed by atoms with E-state index in [1.165, 1.54) is 23.5 Å². The van der Waals surface area contributed by atoms with Gasteiger partial charge in [-0.3, -0.25) is 10.1 Å². The van der Waals surface area contributed by atoms with Crippen LogP contribution in [0.1, 0.15) is 18.9 Å². The lowest BCUT2D eigenvalue weighted by Crippen LogP contribution is -2.20. The van der Waals surface area contributed by atoms with Gasteiger partial charge in [0.15, 0.2) is 18.2 Å². The van der Waals surface area contributed by atoms with Crippen LogP contribution < -0.4 is 10.1 Å². The molecule has 1 heterocycles. The van der Waals surface area contributed by atoms with E-state index < -0.39 is 11.7 Å². The lowest BCUT2D eigenvalue weighted by molar-refractivity contribution is -0.118. The molecule has 0 unspecified atom stereocenters. The first-order valence-corrected chi connectivity index (χ1v) is 7.36. The number of carbonyl (C=O) groups is 1. The van der Waals surface area contributed by atoms with Crippen molar-refractivity contribution in [3.05, 3.63) is 35.1 Å². The van der Waals surface area contributed by atoms with Crippen molar-refractivity contribution in [3.63, 3.8) is 0 Å². The van der Waals surface area contributed by atoms with Crippen LogP contribution in [0, 0.1) is 11.7 Å². The molecule has 2 aromatic rings. The monoisotopic (exact) mass is 309 g/mol. The quantitative estimate of drug-likeness (QED) is 0.891. The topological polar surface area (TPSA) is 64.1 Å². The van der Waals surface area contributed by atoms with Gasteiger partial charge in [0.25, 0.3) is 5.91 Å². The highest BCUT2D eigenvalue weighted by Gasteiger charge is 2.11. The lowest BCUT2D eigenvalue weighted by Gasteiger charge is -2.06. The molecule has 0 saturated carbocycles. The van der Waals surface area contributed by atoms with E-state index in [1.54, 1.807) is 12.1 Å². The minimum absolute atomic E-state index is 0.0467. The maximum Gasteiger partial charge on any atom is 0.264 e. The van der Waals surface area contributed by atoms with E-state index in [0.717, 1.165) is 11.4 Å². The summed E-state index contributed by atoms with van der Waals surface area (Å²) >= 11 is 1.33. The number of carbonyl (C=O) groups excluding carboxylic acids is 1. The summed E-state index contributed by atoms with van der Waals surface area (Å²) in [7, 11) is 0. The average Bonchev–Trinajstić information content (AvgIpc) is 2.84. The number of aromatic nitrogens is 2. The molecule has 0 bridgehead atoms. The Hall–Kier alpha value is -2.02. The highest BCUT2D eigenvalue weighted by molar-refractivity contribution is 7.15. The molecule has 2 rings (SSSR count). The third kappa shape index (κ3) is 4.78. The van der Waals surface area contributed by atoms with Crippen LogP contribution >= 0.6 is 11.3 Å². The third-order valence-electron chi connectivity index (χ3n) is 2.49. The van der Waals surface area contributed by atoms with Crippen LogP contribution in [0.2, 0.25) is 0 Å². The van der Waals surface area contributed by atoms with Crippen molar-refractivity contribution in [1.82, 2.24) is 10.2 Å². The molecule has 0 atom stereocenters. The van der Waals surface area contributed by atoms with Gasteiger partial charge in [-0.1, -0.05) is 37.3 Å². The molecule has 0 radical (unpaired) electrons. The number of rotatable bonds is 6. The van der Waals surface area contributed by atoms with Gasteiger partial charge in [0.1, 0.15) is 5.01 Å². The van der Waals surface area contributed by atoms with Crippen LogP contribution in [-0.2, 0) is 11.2 Å². The summed E-state index contributed by atoms with van der Waals surface area (Å²) in [6.07, 6.45) is 0.819. The Morgan fingerprint density at radius 3 is 2.86 bits per heavy atom. The van der Waals surface area contributed by atoms with Gasteiger partial charge >= 0.3 is 0 Å². The molecule has 0 aliphatic rings. The predicted molar refractivity (Wildman–Crippen MR) is 79.0 cm³/mol. The molecule has 112 valence electrons. The zero-order chi connectivity index (χ0) is 15.2. The summed E-state index contributed by atoms with van der Waals surface area (Å²) in [5.74, 6) is -0.373. The van der Waals surface area contributed by atoms with Crippen LogP contribution in [0.25, 0.3) is 0 Å². The van der Waals surface area contributed by atoms with E-state index in [-0.39, 0.29) is 12.4 Å². The van der Waals surface area contributed by atoms with Gasteiger partial charge in [-0.2, -0.15) is 0 Å². The average molecular weight is 309 g/mol. The molecular weight excluding hydrogens is 293 g/mol. The molecule has 0 fully saturated rings. The molecule has 21 heavy (non-hydrogen) atoms. The van der Waals surface area contributed by atoms with Gasteiger partial charge < -0.3 is 4.74 Å². The van der Waals surface area contributed by atoms with Crippen molar-refractivity contribution in [2.45, 2.75) is 20.3 Å². The maximum absolute atomic E-state index is 13.3. The van der Waals surface area contributed by atoms with Gasteiger partial charge in [-0.05, 0) is 18.1 Å². The largest absolute Gasteiger partial charge is 0.481 e. The van der Waals surface area contributed by atoms with Gasteiger partial charge in [0, 0.05) is 6.42 Å². The fourth-order valence-corrected chi connectivity index (χ4v) is 2.56. The second-order valence-electron chi connectivity index (χ2n) is 4.87. The Labute approximate surface area is 126 Å². The minimum atomic E-state index is -0.500. The smallest absolute Gasteiger partial charge is 0.264 e. The first kappa shape index (κ1) is 15.4. The fourth-order valence-electron chi connectivity index (χ4n) is 1.60. The zero-order valence-electron chi connectivity index (χ0n) is 11.8. The fraction of sp³-hybridized carbons (Fsp3) is 0.357. The molecule has 0 aliphatic heterocycles. The number of amides is 1. The summed E-state index contributed by atoms with van der Waals surface area (Å²) in [6, 6.07) is 5.93.